The quantitative estimate of drug-likeness (QED) is 0.850. The van der Waals surface area contributed by atoms with Crippen LogP contribution in [0.25, 0.3) is 0 Å². The van der Waals surface area contributed by atoms with Gasteiger partial charge in [-0.1, -0.05) is 40.2 Å². The summed E-state index contributed by atoms with van der Waals surface area (Å²) >= 11 is 3.45. The summed E-state index contributed by atoms with van der Waals surface area (Å²) in [7, 11) is 0. The van der Waals surface area contributed by atoms with E-state index in [-0.39, 0.29) is 6.04 Å². The van der Waals surface area contributed by atoms with Gasteiger partial charge in [0, 0.05) is 16.7 Å². The van der Waals surface area contributed by atoms with Gasteiger partial charge >= 0.3 is 0 Å². The second-order valence-electron chi connectivity index (χ2n) is 5.38. The Morgan fingerprint density at radius 3 is 2.55 bits per heavy atom. The standard InChI is InChI=1S/C17H19BrN2/c18-15-6-8-16(9-7-15)20-17(11-19)14-3-1-2-13(10-14)12-4-5-12/h1-3,6-10,12,17,20H,4-5,11,19H2. The maximum atomic E-state index is 5.95. The van der Waals surface area contributed by atoms with Crippen molar-refractivity contribution >= 4 is 21.6 Å². The van der Waals surface area contributed by atoms with Crippen molar-refractivity contribution in [1.29, 1.82) is 0 Å². The Kier molecular flexibility index (Phi) is 4.08. The molecule has 2 aromatic rings. The fourth-order valence-electron chi connectivity index (χ4n) is 2.47. The van der Waals surface area contributed by atoms with Crippen LogP contribution in [0.5, 0.6) is 0 Å². The van der Waals surface area contributed by atoms with E-state index in [1.165, 1.54) is 24.0 Å². The molecule has 0 aliphatic heterocycles. The molecule has 0 heterocycles. The van der Waals surface area contributed by atoms with Gasteiger partial charge in [0.2, 0.25) is 0 Å². The third kappa shape index (κ3) is 3.22. The molecule has 3 N–H and O–H groups in total. The molecule has 0 saturated heterocycles. The maximum absolute atomic E-state index is 5.95. The van der Waals surface area contributed by atoms with Gasteiger partial charge in [-0.05, 0) is 54.2 Å². The lowest BCUT2D eigenvalue weighted by Crippen LogP contribution is -2.20. The summed E-state index contributed by atoms with van der Waals surface area (Å²) in [6, 6.07) is 17.2. The number of hydrogen-bond acceptors (Lipinski definition) is 2. The minimum absolute atomic E-state index is 0.162. The Labute approximate surface area is 128 Å². The molecular formula is C17H19BrN2. The van der Waals surface area contributed by atoms with E-state index < -0.39 is 0 Å². The number of halogens is 1. The minimum atomic E-state index is 0.162. The molecule has 0 radical (unpaired) electrons. The molecule has 1 aliphatic carbocycles. The SMILES string of the molecule is NCC(Nc1ccc(Br)cc1)c1cccc(C2CC2)c1. The average Bonchev–Trinajstić information content (AvgIpc) is 3.31. The second-order valence-corrected chi connectivity index (χ2v) is 6.30. The first-order valence-corrected chi connectivity index (χ1v) is 7.87. The van der Waals surface area contributed by atoms with Crippen molar-refractivity contribution in [3.05, 3.63) is 64.1 Å². The van der Waals surface area contributed by atoms with E-state index in [0.717, 1.165) is 16.1 Å². The highest BCUT2D eigenvalue weighted by atomic mass is 79.9. The predicted molar refractivity (Wildman–Crippen MR) is 88.0 cm³/mol. The van der Waals surface area contributed by atoms with Crippen molar-refractivity contribution in [1.82, 2.24) is 0 Å². The molecule has 1 aliphatic rings. The lowest BCUT2D eigenvalue weighted by atomic mass is 10.0. The second kappa shape index (κ2) is 5.98. The summed E-state index contributed by atoms with van der Waals surface area (Å²) in [5.74, 6) is 0.779. The number of hydrogen-bond donors (Lipinski definition) is 2. The number of anilines is 1. The first-order valence-electron chi connectivity index (χ1n) is 7.08. The van der Waals surface area contributed by atoms with E-state index in [2.05, 4.69) is 57.6 Å². The first kappa shape index (κ1) is 13.7. The van der Waals surface area contributed by atoms with Crippen LogP contribution in [0, 0.1) is 0 Å². The van der Waals surface area contributed by atoms with Gasteiger partial charge in [0.25, 0.3) is 0 Å². The van der Waals surface area contributed by atoms with Gasteiger partial charge in [-0.25, -0.2) is 0 Å². The van der Waals surface area contributed by atoms with Crippen molar-refractivity contribution in [3.8, 4) is 0 Å². The molecule has 1 fully saturated rings. The number of rotatable bonds is 5. The summed E-state index contributed by atoms with van der Waals surface area (Å²) < 4.78 is 1.09. The van der Waals surface area contributed by atoms with Crippen LogP contribution in [0.1, 0.15) is 35.9 Å². The van der Waals surface area contributed by atoms with Gasteiger partial charge in [-0.15, -0.1) is 0 Å². The lowest BCUT2D eigenvalue weighted by Gasteiger charge is -2.19. The van der Waals surface area contributed by atoms with Crippen LogP contribution in [0.2, 0.25) is 0 Å². The molecule has 104 valence electrons. The third-order valence-electron chi connectivity index (χ3n) is 3.78. The van der Waals surface area contributed by atoms with Gasteiger partial charge in [-0.3, -0.25) is 0 Å². The van der Waals surface area contributed by atoms with Gasteiger partial charge in [-0.2, -0.15) is 0 Å². The van der Waals surface area contributed by atoms with Crippen LogP contribution in [-0.4, -0.2) is 6.54 Å². The van der Waals surface area contributed by atoms with Crippen molar-refractivity contribution in [2.75, 3.05) is 11.9 Å². The zero-order valence-electron chi connectivity index (χ0n) is 11.4. The van der Waals surface area contributed by atoms with Crippen molar-refractivity contribution in [2.45, 2.75) is 24.8 Å². The molecule has 0 bridgehead atoms. The van der Waals surface area contributed by atoms with Crippen LogP contribution < -0.4 is 11.1 Å². The maximum Gasteiger partial charge on any atom is 0.0636 e. The Balaban J connectivity index is 1.78. The van der Waals surface area contributed by atoms with Gasteiger partial charge in [0.05, 0.1) is 6.04 Å². The van der Waals surface area contributed by atoms with E-state index in [1.54, 1.807) is 0 Å². The van der Waals surface area contributed by atoms with Crippen molar-refractivity contribution < 1.29 is 0 Å². The molecular weight excluding hydrogens is 312 g/mol. The van der Waals surface area contributed by atoms with Crippen molar-refractivity contribution in [2.24, 2.45) is 5.73 Å². The largest absolute Gasteiger partial charge is 0.377 e. The van der Waals surface area contributed by atoms with Crippen LogP contribution in [0.15, 0.2) is 53.0 Å². The minimum Gasteiger partial charge on any atom is -0.377 e. The molecule has 0 aromatic heterocycles. The van der Waals surface area contributed by atoms with E-state index in [9.17, 15) is 0 Å². The number of nitrogens with two attached hydrogens (primary N) is 1. The Morgan fingerprint density at radius 1 is 1.15 bits per heavy atom. The van der Waals surface area contributed by atoms with Gasteiger partial charge in [0.15, 0.2) is 0 Å². The highest BCUT2D eigenvalue weighted by Gasteiger charge is 2.24. The molecule has 1 unspecified atom stereocenters. The summed E-state index contributed by atoms with van der Waals surface area (Å²) in [4.78, 5) is 0. The van der Waals surface area contributed by atoms with Crippen LogP contribution in [-0.2, 0) is 0 Å². The van der Waals surface area contributed by atoms with Gasteiger partial charge < -0.3 is 11.1 Å². The Morgan fingerprint density at radius 2 is 1.90 bits per heavy atom. The van der Waals surface area contributed by atoms with Gasteiger partial charge in [0.1, 0.15) is 0 Å². The summed E-state index contributed by atoms with van der Waals surface area (Å²) in [6.45, 7) is 0.587. The third-order valence-corrected chi connectivity index (χ3v) is 4.31. The van der Waals surface area contributed by atoms with Crippen LogP contribution in [0.3, 0.4) is 0 Å². The monoisotopic (exact) mass is 330 g/mol. The first-order chi connectivity index (χ1) is 9.76. The fraction of sp³-hybridized carbons (Fsp3) is 0.294. The topological polar surface area (TPSA) is 38.0 Å². The Hall–Kier alpha value is -1.32. The lowest BCUT2D eigenvalue weighted by molar-refractivity contribution is 0.787. The average molecular weight is 331 g/mol. The normalized spacial score (nSPS) is 15.9. The van der Waals surface area contributed by atoms with Crippen LogP contribution >= 0.6 is 15.9 Å². The predicted octanol–water partition coefficient (Wildman–Crippen LogP) is 4.44. The fourth-order valence-corrected chi connectivity index (χ4v) is 2.74. The summed E-state index contributed by atoms with van der Waals surface area (Å²) in [6.07, 6.45) is 2.66. The zero-order valence-corrected chi connectivity index (χ0v) is 12.9. The zero-order chi connectivity index (χ0) is 13.9. The molecule has 20 heavy (non-hydrogen) atoms. The van der Waals surface area contributed by atoms with E-state index in [0.29, 0.717) is 6.54 Å². The Bertz CT molecular complexity index is 576. The molecule has 1 atom stereocenters. The summed E-state index contributed by atoms with van der Waals surface area (Å²) in [5.41, 5.74) is 9.78. The molecule has 2 nitrogen and oxygen atoms in total. The van der Waals surface area contributed by atoms with E-state index in [1.807, 2.05) is 12.1 Å². The molecule has 3 rings (SSSR count). The molecule has 3 heteroatoms. The number of benzene rings is 2. The van der Waals surface area contributed by atoms with E-state index in [4.69, 9.17) is 5.73 Å². The summed E-state index contributed by atoms with van der Waals surface area (Å²) in [5, 5.41) is 3.51. The van der Waals surface area contributed by atoms with E-state index >= 15 is 0 Å². The molecule has 1 saturated carbocycles. The van der Waals surface area contributed by atoms with Crippen LogP contribution in [0.4, 0.5) is 5.69 Å². The van der Waals surface area contributed by atoms with Crippen molar-refractivity contribution in [3.63, 3.8) is 0 Å². The highest BCUT2D eigenvalue weighted by molar-refractivity contribution is 9.10. The molecule has 0 spiro atoms. The number of nitrogens with one attached hydrogen (secondary N) is 1. The molecule has 0 amide bonds. The molecule has 2 aromatic carbocycles. The smallest absolute Gasteiger partial charge is 0.0636 e. The highest BCUT2D eigenvalue weighted by Crippen LogP contribution is 2.40.